The van der Waals surface area contributed by atoms with Crippen molar-refractivity contribution in [3.8, 4) is 0 Å². The Labute approximate surface area is 141 Å². The van der Waals surface area contributed by atoms with Gasteiger partial charge in [0.05, 0.1) is 23.5 Å². The molecule has 9 heteroatoms. The second-order valence-electron chi connectivity index (χ2n) is 4.56. The van der Waals surface area contributed by atoms with E-state index < -0.39 is 16.8 Å². The van der Waals surface area contributed by atoms with Crippen LogP contribution in [0.1, 0.15) is 5.76 Å². The Balaban J connectivity index is 1.65. The molecule has 2 aromatic rings. The number of hydrogen-bond donors (Lipinski definition) is 1. The number of nitro benzene ring substituents is 1. The second kappa shape index (κ2) is 8.73. The summed E-state index contributed by atoms with van der Waals surface area (Å²) in [6.45, 7) is -0.151. The zero-order valence-corrected chi connectivity index (χ0v) is 13.3. The molecule has 0 aliphatic heterocycles. The number of carbonyl (C=O) groups is 2. The average molecular weight is 350 g/mol. The maximum atomic E-state index is 11.6. The minimum Gasteiger partial charge on any atom is -0.467 e. The van der Waals surface area contributed by atoms with Crippen LogP contribution < -0.4 is 5.32 Å². The van der Waals surface area contributed by atoms with Crippen LogP contribution in [0.4, 0.5) is 5.69 Å². The number of ether oxygens (including phenoxy) is 1. The van der Waals surface area contributed by atoms with Crippen LogP contribution in [0.15, 0.2) is 52.0 Å². The molecule has 0 saturated heterocycles. The summed E-state index contributed by atoms with van der Waals surface area (Å²) in [5.74, 6) is -0.376. The van der Waals surface area contributed by atoms with Gasteiger partial charge in [0.1, 0.15) is 5.76 Å². The average Bonchev–Trinajstić information content (AvgIpc) is 3.10. The Bertz CT molecular complexity index is 699. The third kappa shape index (κ3) is 5.76. The number of nitrogens with one attached hydrogen (secondary N) is 1. The fourth-order valence-electron chi connectivity index (χ4n) is 1.64. The predicted octanol–water partition coefficient (Wildman–Crippen LogP) is 2.14. The molecule has 0 radical (unpaired) electrons. The number of hydrogen-bond acceptors (Lipinski definition) is 7. The van der Waals surface area contributed by atoms with Gasteiger partial charge in [-0.05, 0) is 24.3 Å². The zero-order chi connectivity index (χ0) is 17.4. The van der Waals surface area contributed by atoms with Gasteiger partial charge in [-0.2, -0.15) is 0 Å². The molecule has 0 aliphatic rings. The highest BCUT2D eigenvalue weighted by Crippen LogP contribution is 2.21. The maximum Gasteiger partial charge on any atom is 0.316 e. The lowest BCUT2D eigenvalue weighted by Crippen LogP contribution is -2.28. The first-order valence-electron chi connectivity index (χ1n) is 6.86. The van der Waals surface area contributed by atoms with E-state index in [0.29, 0.717) is 10.7 Å². The van der Waals surface area contributed by atoms with Crippen molar-refractivity contribution in [1.29, 1.82) is 0 Å². The summed E-state index contributed by atoms with van der Waals surface area (Å²) in [6, 6.07) is 9.23. The molecule has 2 rings (SSSR count). The van der Waals surface area contributed by atoms with Crippen LogP contribution in [0.2, 0.25) is 0 Å². The molecular formula is C15H14N2O6S. The molecule has 0 unspecified atom stereocenters. The van der Waals surface area contributed by atoms with Gasteiger partial charge < -0.3 is 14.5 Å². The van der Waals surface area contributed by atoms with Crippen molar-refractivity contribution in [1.82, 2.24) is 5.32 Å². The Kier molecular flexibility index (Phi) is 6.38. The van der Waals surface area contributed by atoms with E-state index in [1.54, 1.807) is 24.3 Å². The molecule has 1 aromatic carbocycles. The molecule has 1 amide bonds. The highest BCUT2D eigenvalue weighted by Gasteiger charge is 2.10. The van der Waals surface area contributed by atoms with Gasteiger partial charge in [0, 0.05) is 17.0 Å². The predicted molar refractivity (Wildman–Crippen MR) is 85.3 cm³/mol. The largest absolute Gasteiger partial charge is 0.467 e. The van der Waals surface area contributed by atoms with Crippen molar-refractivity contribution >= 4 is 29.3 Å². The molecule has 0 fully saturated rings. The lowest BCUT2D eigenvalue weighted by atomic mass is 10.3. The number of furan rings is 1. The topological polar surface area (TPSA) is 112 Å². The Morgan fingerprint density at radius 3 is 2.62 bits per heavy atom. The summed E-state index contributed by atoms with van der Waals surface area (Å²) in [4.78, 5) is 33.8. The van der Waals surface area contributed by atoms with Crippen molar-refractivity contribution in [2.24, 2.45) is 0 Å². The molecule has 0 spiro atoms. The van der Waals surface area contributed by atoms with E-state index >= 15 is 0 Å². The number of carbonyl (C=O) groups excluding carboxylic acids is 2. The van der Waals surface area contributed by atoms with E-state index in [9.17, 15) is 19.7 Å². The molecule has 0 saturated carbocycles. The van der Waals surface area contributed by atoms with Gasteiger partial charge in [0.25, 0.3) is 11.6 Å². The van der Waals surface area contributed by atoms with Gasteiger partial charge in [-0.15, -0.1) is 11.8 Å². The molecule has 126 valence electrons. The van der Waals surface area contributed by atoms with Gasteiger partial charge in [-0.3, -0.25) is 19.7 Å². The Hall–Kier alpha value is -2.81. The molecule has 1 N–H and O–H groups in total. The van der Waals surface area contributed by atoms with Crippen LogP contribution >= 0.6 is 11.8 Å². The number of amides is 1. The molecule has 0 atom stereocenters. The van der Waals surface area contributed by atoms with Crippen LogP contribution in [-0.2, 0) is 20.9 Å². The SMILES string of the molecule is O=C(COC(=O)CSc1ccc([N+](=O)[O-])cc1)NCc1ccco1. The number of non-ortho nitro benzene ring substituents is 1. The summed E-state index contributed by atoms with van der Waals surface area (Å²) >= 11 is 1.17. The van der Waals surface area contributed by atoms with Crippen molar-refractivity contribution in [3.63, 3.8) is 0 Å². The smallest absolute Gasteiger partial charge is 0.316 e. The van der Waals surface area contributed by atoms with Crippen LogP contribution in [0, 0.1) is 10.1 Å². The molecule has 0 aliphatic carbocycles. The number of esters is 1. The lowest BCUT2D eigenvalue weighted by molar-refractivity contribution is -0.384. The standard InChI is InChI=1S/C15H14N2O6S/c18-14(16-8-12-2-1-7-22-12)9-23-15(19)10-24-13-5-3-11(4-6-13)17(20)21/h1-7H,8-10H2,(H,16,18). The van der Waals surface area contributed by atoms with Crippen LogP contribution in [-0.4, -0.2) is 29.2 Å². The van der Waals surface area contributed by atoms with Gasteiger partial charge in [0.15, 0.2) is 6.61 Å². The van der Waals surface area contributed by atoms with Gasteiger partial charge in [-0.1, -0.05) is 0 Å². The Morgan fingerprint density at radius 1 is 1.25 bits per heavy atom. The Morgan fingerprint density at radius 2 is 2.00 bits per heavy atom. The summed E-state index contributed by atoms with van der Waals surface area (Å²) in [5, 5.41) is 13.1. The molecule has 8 nitrogen and oxygen atoms in total. The first-order valence-corrected chi connectivity index (χ1v) is 7.85. The van der Waals surface area contributed by atoms with Crippen molar-refractivity contribution in [2.75, 3.05) is 12.4 Å². The van der Waals surface area contributed by atoms with Gasteiger partial charge in [-0.25, -0.2) is 0 Å². The number of nitrogens with zero attached hydrogens (tertiary/aromatic N) is 1. The summed E-state index contributed by atoms with van der Waals surface area (Å²) in [6.07, 6.45) is 1.50. The van der Waals surface area contributed by atoms with E-state index in [4.69, 9.17) is 9.15 Å². The monoisotopic (exact) mass is 350 g/mol. The molecule has 24 heavy (non-hydrogen) atoms. The molecular weight excluding hydrogens is 336 g/mol. The van der Waals surface area contributed by atoms with Crippen LogP contribution in [0.5, 0.6) is 0 Å². The van der Waals surface area contributed by atoms with Crippen molar-refractivity contribution in [2.45, 2.75) is 11.4 Å². The third-order valence-electron chi connectivity index (χ3n) is 2.81. The molecule has 0 bridgehead atoms. The van der Waals surface area contributed by atoms with Crippen molar-refractivity contribution in [3.05, 3.63) is 58.5 Å². The number of rotatable bonds is 8. The molecule has 1 heterocycles. The number of thioether (sulfide) groups is 1. The first-order chi connectivity index (χ1) is 11.5. The third-order valence-corrected chi connectivity index (χ3v) is 3.79. The lowest BCUT2D eigenvalue weighted by Gasteiger charge is -2.05. The second-order valence-corrected chi connectivity index (χ2v) is 5.61. The fourth-order valence-corrected chi connectivity index (χ4v) is 2.34. The quantitative estimate of drug-likeness (QED) is 0.336. The van der Waals surface area contributed by atoms with Crippen LogP contribution in [0.3, 0.4) is 0 Å². The zero-order valence-electron chi connectivity index (χ0n) is 12.5. The maximum absolute atomic E-state index is 11.6. The fraction of sp³-hybridized carbons (Fsp3) is 0.200. The van der Waals surface area contributed by atoms with Crippen molar-refractivity contribution < 1.29 is 23.7 Å². The number of nitro groups is 1. The van der Waals surface area contributed by atoms with E-state index in [1.807, 2.05) is 0 Å². The van der Waals surface area contributed by atoms with Gasteiger partial charge >= 0.3 is 5.97 Å². The summed E-state index contributed by atoms with van der Waals surface area (Å²) < 4.78 is 9.90. The minimum atomic E-state index is -0.550. The summed E-state index contributed by atoms with van der Waals surface area (Å²) in [7, 11) is 0. The normalized spacial score (nSPS) is 10.2. The molecule has 1 aromatic heterocycles. The minimum absolute atomic E-state index is 0.00325. The van der Waals surface area contributed by atoms with Gasteiger partial charge in [0.2, 0.25) is 0 Å². The first kappa shape index (κ1) is 17.5. The van der Waals surface area contributed by atoms with E-state index in [-0.39, 0.29) is 24.6 Å². The number of benzene rings is 1. The highest BCUT2D eigenvalue weighted by molar-refractivity contribution is 8.00. The summed E-state index contributed by atoms with van der Waals surface area (Å²) in [5.41, 5.74) is -0.0184. The highest BCUT2D eigenvalue weighted by atomic mass is 32.2. The van der Waals surface area contributed by atoms with Crippen LogP contribution in [0.25, 0.3) is 0 Å². The van der Waals surface area contributed by atoms with E-state index in [2.05, 4.69) is 5.32 Å². The van der Waals surface area contributed by atoms with E-state index in [1.165, 1.54) is 30.2 Å². The van der Waals surface area contributed by atoms with E-state index in [0.717, 1.165) is 0 Å².